The van der Waals surface area contributed by atoms with E-state index in [2.05, 4.69) is 4.74 Å². The van der Waals surface area contributed by atoms with Gasteiger partial charge in [0.2, 0.25) is 0 Å². The highest BCUT2D eigenvalue weighted by molar-refractivity contribution is 5.79. The molecule has 0 aromatic heterocycles. The minimum absolute atomic E-state index is 0.222. The third-order valence-electron chi connectivity index (χ3n) is 2.12. The van der Waals surface area contributed by atoms with Gasteiger partial charge in [-0.05, 0) is 6.07 Å². The van der Waals surface area contributed by atoms with E-state index in [1.54, 1.807) is 0 Å². The van der Waals surface area contributed by atoms with E-state index in [1.165, 1.54) is 0 Å². The van der Waals surface area contributed by atoms with Gasteiger partial charge in [-0.3, -0.25) is 19.7 Å². The quantitative estimate of drug-likeness (QED) is 0.343. The van der Waals surface area contributed by atoms with E-state index in [0.29, 0.717) is 0 Å². The number of methoxy groups -OCH3 is 1. The zero-order chi connectivity index (χ0) is 13.0. The highest BCUT2D eigenvalue weighted by Crippen LogP contribution is 2.24. The third-order valence-corrected chi connectivity index (χ3v) is 2.12. The number of carbonyl (C=O) groups excluding carboxylic acids is 2. The van der Waals surface area contributed by atoms with E-state index in [-0.39, 0.29) is 11.8 Å². The summed E-state index contributed by atoms with van der Waals surface area (Å²) in [5.74, 6) is -1.89. The maximum atomic E-state index is 13.6. The number of ether oxygens (including phenoxy) is 1. The van der Waals surface area contributed by atoms with Crippen molar-refractivity contribution in [3.63, 3.8) is 0 Å². The molecule has 0 aliphatic heterocycles. The van der Waals surface area contributed by atoms with E-state index >= 15 is 0 Å². The van der Waals surface area contributed by atoms with Gasteiger partial charge in [-0.25, -0.2) is 4.39 Å². The molecule has 0 aliphatic rings. The normalized spacial score (nSPS) is 9.76. The number of carbonyl (C=O) groups is 2. The van der Waals surface area contributed by atoms with Crippen molar-refractivity contribution in [2.45, 2.75) is 6.42 Å². The Kier molecular flexibility index (Phi) is 3.86. The first kappa shape index (κ1) is 12.8. The van der Waals surface area contributed by atoms with Crippen molar-refractivity contribution in [3.8, 4) is 0 Å². The van der Waals surface area contributed by atoms with Crippen LogP contribution >= 0.6 is 0 Å². The van der Waals surface area contributed by atoms with Gasteiger partial charge < -0.3 is 4.74 Å². The molecule has 0 unspecified atom stereocenters. The monoisotopic (exact) mass is 241 g/mol. The number of benzene rings is 1. The number of hydrogen-bond donors (Lipinski definition) is 0. The Labute approximate surface area is 95.1 Å². The topological polar surface area (TPSA) is 86.5 Å². The number of esters is 1. The van der Waals surface area contributed by atoms with Gasteiger partial charge in [-0.1, -0.05) is 0 Å². The lowest BCUT2D eigenvalue weighted by Crippen LogP contribution is -2.10. The van der Waals surface area contributed by atoms with Crippen LogP contribution in [0.1, 0.15) is 15.9 Å². The Balaban J connectivity index is 3.34. The van der Waals surface area contributed by atoms with Gasteiger partial charge in [0.1, 0.15) is 5.82 Å². The maximum absolute atomic E-state index is 13.6. The van der Waals surface area contributed by atoms with Gasteiger partial charge in [0.25, 0.3) is 5.69 Å². The van der Waals surface area contributed by atoms with Crippen molar-refractivity contribution < 1.29 is 23.6 Å². The molecule has 6 nitrogen and oxygen atoms in total. The number of nitro benzene ring substituents is 1. The molecule has 0 bridgehead atoms. The van der Waals surface area contributed by atoms with Crippen LogP contribution in [0.4, 0.5) is 10.1 Å². The molecule has 90 valence electrons. The summed E-state index contributed by atoms with van der Waals surface area (Å²) in [5, 5.41) is 10.6. The first-order valence-corrected chi connectivity index (χ1v) is 4.49. The summed E-state index contributed by atoms with van der Waals surface area (Å²) in [6, 6.07) is 1.96. The van der Waals surface area contributed by atoms with Gasteiger partial charge in [0.05, 0.1) is 29.6 Å². The van der Waals surface area contributed by atoms with Crippen molar-refractivity contribution in [2.24, 2.45) is 0 Å². The van der Waals surface area contributed by atoms with Crippen molar-refractivity contribution in [2.75, 3.05) is 7.11 Å². The van der Waals surface area contributed by atoms with Gasteiger partial charge in [0, 0.05) is 6.07 Å². The molecule has 17 heavy (non-hydrogen) atoms. The lowest BCUT2D eigenvalue weighted by molar-refractivity contribution is -0.385. The summed E-state index contributed by atoms with van der Waals surface area (Å²) in [5.41, 5.74) is -1.35. The van der Waals surface area contributed by atoms with Gasteiger partial charge in [-0.15, -0.1) is 0 Å². The SMILES string of the molecule is COC(=O)Cc1c([N+](=O)[O-])ccc(C=O)c1F. The number of hydrogen-bond acceptors (Lipinski definition) is 5. The zero-order valence-corrected chi connectivity index (χ0v) is 8.81. The van der Waals surface area contributed by atoms with Crippen LogP contribution in [0.5, 0.6) is 0 Å². The Morgan fingerprint density at radius 3 is 2.71 bits per heavy atom. The molecule has 0 saturated carbocycles. The molecule has 0 aliphatic carbocycles. The fourth-order valence-corrected chi connectivity index (χ4v) is 1.28. The molecule has 0 radical (unpaired) electrons. The number of rotatable bonds is 4. The maximum Gasteiger partial charge on any atom is 0.310 e. The van der Waals surface area contributed by atoms with Gasteiger partial charge >= 0.3 is 5.97 Å². The highest BCUT2D eigenvalue weighted by atomic mass is 19.1. The largest absolute Gasteiger partial charge is 0.469 e. The lowest BCUT2D eigenvalue weighted by Gasteiger charge is -2.04. The fourth-order valence-electron chi connectivity index (χ4n) is 1.28. The number of halogens is 1. The predicted molar refractivity (Wildman–Crippen MR) is 54.2 cm³/mol. The van der Waals surface area contributed by atoms with Crippen LogP contribution in [0, 0.1) is 15.9 Å². The Morgan fingerprint density at radius 1 is 1.59 bits per heavy atom. The van der Waals surface area contributed by atoms with Crippen LogP contribution in [-0.4, -0.2) is 24.3 Å². The van der Waals surface area contributed by atoms with Crippen molar-refractivity contribution >= 4 is 17.9 Å². The summed E-state index contributed by atoms with van der Waals surface area (Å²) < 4.78 is 17.9. The average Bonchev–Trinajstić information content (AvgIpc) is 2.30. The molecule has 0 fully saturated rings. The van der Waals surface area contributed by atoms with Crippen LogP contribution in [0.2, 0.25) is 0 Å². The van der Waals surface area contributed by atoms with Crippen molar-refractivity contribution in [1.29, 1.82) is 0 Å². The summed E-state index contributed by atoms with van der Waals surface area (Å²) in [6.45, 7) is 0. The Morgan fingerprint density at radius 2 is 2.24 bits per heavy atom. The standard InChI is InChI=1S/C10H8FNO5/c1-17-9(14)4-7-8(12(15)16)3-2-6(5-13)10(7)11/h2-3,5H,4H2,1H3. The second-order valence-electron chi connectivity index (χ2n) is 3.09. The molecule has 1 rings (SSSR count). The van der Waals surface area contributed by atoms with E-state index in [4.69, 9.17) is 0 Å². The minimum Gasteiger partial charge on any atom is -0.469 e. The molecule has 0 saturated heterocycles. The summed E-state index contributed by atoms with van der Waals surface area (Å²) >= 11 is 0. The second kappa shape index (κ2) is 5.15. The van der Waals surface area contributed by atoms with Crippen LogP contribution in [0.25, 0.3) is 0 Å². The fraction of sp³-hybridized carbons (Fsp3) is 0.200. The molecule has 0 N–H and O–H groups in total. The highest BCUT2D eigenvalue weighted by Gasteiger charge is 2.23. The van der Waals surface area contributed by atoms with Crippen molar-refractivity contribution in [1.82, 2.24) is 0 Å². The minimum atomic E-state index is -1.07. The molecular weight excluding hydrogens is 233 g/mol. The smallest absolute Gasteiger partial charge is 0.310 e. The van der Waals surface area contributed by atoms with Crippen LogP contribution in [0.3, 0.4) is 0 Å². The molecule has 7 heteroatoms. The molecular formula is C10H8FNO5. The first-order chi connectivity index (χ1) is 8.01. The van der Waals surface area contributed by atoms with Gasteiger partial charge in [-0.2, -0.15) is 0 Å². The second-order valence-corrected chi connectivity index (χ2v) is 3.09. The zero-order valence-electron chi connectivity index (χ0n) is 8.81. The Bertz CT molecular complexity index is 486. The molecule has 0 heterocycles. The number of aldehydes is 1. The lowest BCUT2D eigenvalue weighted by atomic mass is 10.1. The van der Waals surface area contributed by atoms with E-state index < -0.39 is 34.4 Å². The predicted octanol–water partition coefficient (Wildman–Crippen LogP) is 1.26. The van der Waals surface area contributed by atoms with E-state index in [9.17, 15) is 24.1 Å². The number of nitrogens with zero attached hydrogens (tertiary/aromatic N) is 1. The van der Waals surface area contributed by atoms with Crippen molar-refractivity contribution in [3.05, 3.63) is 39.2 Å². The van der Waals surface area contributed by atoms with E-state index in [0.717, 1.165) is 19.2 Å². The molecule has 1 aromatic carbocycles. The molecule has 0 spiro atoms. The van der Waals surface area contributed by atoms with E-state index in [1.807, 2.05) is 0 Å². The summed E-state index contributed by atoms with van der Waals surface area (Å²) in [7, 11) is 1.08. The molecule has 1 aromatic rings. The molecule has 0 atom stereocenters. The summed E-state index contributed by atoms with van der Waals surface area (Å²) in [6.07, 6.45) is -0.375. The Hall–Kier alpha value is -2.31. The third kappa shape index (κ3) is 2.63. The van der Waals surface area contributed by atoms with Crippen LogP contribution in [0.15, 0.2) is 12.1 Å². The number of nitro groups is 1. The van der Waals surface area contributed by atoms with Crippen LogP contribution < -0.4 is 0 Å². The summed E-state index contributed by atoms with van der Waals surface area (Å²) in [4.78, 5) is 31.3. The average molecular weight is 241 g/mol. The molecule has 0 amide bonds. The van der Waals surface area contributed by atoms with Crippen LogP contribution in [-0.2, 0) is 16.0 Å². The van der Waals surface area contributed by atoms with Gasteiger partial charge in [0.15, 0.2) is 6.29 Å². The first-order valence-electron chi connectivity index (χ1n) is 4.49.